The van der Waals surface area contributed by atoms with Crippen LogP contribution in [-0.4, -0.2) is 0 Å². The van der Waals surface area contributed by atoms with E-state index in [9.17, 15) is 0 Å². The van der Waals surface area contributed by atoms with E-state index in [1.54, 1.807) is 0 Å². The lowest BCUT2D eigenvalue weighted by molar-refractivity contribution is 0.669. The average molecular weight is 857 g/mol. The first-order chi connectivity index (χ1) is 33.2. The van der Waals surface area contributed by atoms with Crippen molar-refractivity contribution >= 4 is 66.8 Å². The molecule has 0 N–H and O–H groups in total. The monoisotopic (exact) mass is 856 g/mol. The van der Waals surface area contributed by atoms with Crippen molar-refractivity contribution in [2.24, 2.45) is 0 Å². The third kappa shape index (κ3) is 7.59. The zero-order valence-electron chi connectivity index (χ0n) is 36.7. The summed E-state index contributed by atoms with van der Waals surface area (Å²) in [6, 6.07) is 95.6. The highest BCUT2D eigenvalue weighted by Crippen LogP contribution is 2.47. The smallest absolute Gasteiger partial charge is 0.137 e. The molecule has 0 atom stereocenters. The van der Waals surface area contributed by atoms with Gasteiger partial charge in [-0.05, 0) is 129 Å². The van der Waals surface area contributed by atoms with Crippen molar-refractivity contribution < 1.29 is 4.42 Å². The summed E-state index contributed by atoms with van der Waals surface area (Å²) in [6.45, 7) is 0. The van der Waals surface area contributed by atoms with Crippen molar-refractivity contribution in [3.8, 4) is 44.5 Å². The van der Waals surface area contributed by atoms with E-state index < -0.39 is 0 Å². The Morgan fingerprint density at radius 3 is 1.43 bits per heavy atom. The fourth-order valence-corrected chi connectivity index (χ4v) is 9.59. The third-order valence-electron chi connectivity index (χ3n) is 12.8. The number of hydrogen-bond donors (Lipinski definition) is 0. The Balaban J connectivity index is 1.02. The topological polar surface area (TPSA) is 19.6 Å². The van der Waals surface area contributed by atoms with E-state index >= 15 is 0 Å². The Hall–Kier alpha value is -8.92. The predicted octanol–water partition coefficient (Wildman–Crippen LogP) is 18.3. The number of rotatable bonds is 10. The molecule has 67 heavy (non-hydrogen) atoms. The Kier molecular flexibility index (Phi) is 10.2. The van der Waals surface area contributed by atoms with Crippen LogP contribution < -0.4 is 9.80 Å². The van der Waals surface area contributed by atoms with Crippen molar-refractivity contribution in [3.63, 3.8) is 0 Å². The minimum Gasteiger partial charge on any atom is -0.456 e. The molecule has 0 bridgehead atoms. The Morgan fingerprint density at radius 2 is 0.701 bits per heavy atom. The minimum atomic E-state index is 0.852. The summed E-state index contributed by atoms with van der Waals surface area (Å²) in [5.74, 6) is 0. The molecule has 1 aromatic heterocycles. The maximum absolute atomic E-state index is 6.48. The second kappa shape index (κ2) is 17.2. The molecule has 316 valence electrons. The van der Waals surface area contributed by atoms with Crippen LogP contribution in [0.1, 0.15) is 0 Å². The average Bonchev–Trinajstić information content (AvgIpc) is 3.80. The number of benzene rings is 11. The van der Waals surface area contributed by atoms with Gasteiger partial charge < -0.3 is 14.2 Å². The first-order valence-electron chi connectivity index (χ1n) is 22.8. The summed E-state index contributed by atoms with van der Waals surface area (Å²) in [4.78, 5) is 4.79. The summed E-state index contributed by atoms with van der Waals surface area (Å²) in [5, 5.41) is 4.53. The van der Waals surface area contributed by atoms with Crippen LogP contribution in [0.5, 0.6) is 0 Å². The molecule has 12 aromatic rings. The lowest BCUT2D eigenvalue weighted by Gasteiger charge is -2.29. The van der Waals surface area contributed by atoms with Crippen LogP contribution in [-0.2, 0) is 0 Å². The van der Waals surface area contributed by atoms with Crippen molar-refractivity contribution in [2.75, 3.05) is 9.80 Å². The maximum atomic E-state index is 6.48. The number of anilines is 6. The van der Waals surface area contributed by atoms with Crippen LogP contribution in [0, 0.1) is 0 Å². The SMILES string of the molecule is c1ccc(-c2ccc(N(c3ccc4cc(-c5ccccc5)ccc4c3)c3ccccc3-c3cccc(N(c4cccc(-c5ccccc5)c4)c4cccc5oc6ccccc6c45)c3)cc2)cc1. The zero-order chi connectivity index (χ0) is 44.5. The van der Waals surface area contributed by atoms with E-state index in [4.69, 9.17) is 4.42 Å². The Bertz CT molecular complexity index is 3690. The first-order valence-corrected chi connectivity index (χ1v) is 22.8. The van der Waals surface area contributed by atoms with Gasteiger partial charge in [0.05, 0.1) is 16.8 Å². The standard InChI is InChI=1S/C64H44N2O/c1-4-17-45(18-5-1)48-35-38-54(39-36-48)65(57-40-37-51-41-50(33-34-52(51)43-57)47-21-8-3-9-22-47)60-29-12-10-27-58(60)53-24-15-26-56(44-53)66(55-25-14-23-49(42-55)46-19-6-2-7-20-46)61-30-16-32-63-64(61)59-28-11-13-31-62(59)67-63/h1-44H. The van der Waals surface area contributed by atoms with Crippen molar-refractivity contribution in [1.29, 1.82) is 0 Å². The van der Waals surface area contributed by atoms with Gasteiger partial charge >= 0.3 is 0 Å². The van der Waals surface area contributed by atoms with Gasteiger partial charge in [-0.15, -0.1) is 0 Å². The van der Waals surface area contributed by atoms with Gasteiger partial charge in [-0.1, -0.05) is 188 Å². The fourth-order valence-electron chi connectivity index (χ4n) is 9.59. The lowest BCUT2D eigenvalue weighted by Crippen LogP contribution is -2.12. The Labute approximate surface area is 390 Å². The largest absolute Gasteiger partial charge is 0.456 e. The van der Waals surface area contributed by atoms with E-state index in [1.165, 1.54) is 38.6 Å². The van der Waals surface area contributed by atoms with Gasteiger partial charge in [-0.25, -0.2) is 0 Å². The number of hydrogen-bond acceptors (Lipinski definition) is 3. The molecule has 0 saturated heterocycles. The molecule has 0 radical (unpaired) electrons. The first kappa shape index (κ1) is 39.7. The van der Waals surface area contributed by atoms with E-state index in [2.05, 4.69) is 271 Å². The highest BCUT2D eigenvalue weighted by atomic mass is 16.3. The molecule has 0 aliphatic carbocycles. The van der Waals surface area contributed by atoms with E-state index in [1.807, 2.05) is 6.07 Å². The van der Waals surface area contributed by atoms with Gasteiger partial charge in [0.15, 0.2) is 0 Å². The fraction of sp³-hybridized carbons (Fsp3) is 0. The van der Waals surface area contributed by atoms with E-state index in [0.29, 0.717) is 0 Å². The molecule has 3 nitrogen and oxygen atoms in total. The van der Waals surface area contributed by atoms with Gasteiger partial charge in [0.2, 0.25) is 0 Å². The summed E-state index contributed by atoms with van der Waals surface area (Å²) in [7, 11) is 0. The predicted molar refractivity (Wildman–Crippen MR) is 282 cm³/mol. The summed E-state index contributed by atoms with van der Waals surface area (Å²) in [5.41, 5.74) is 17.4. The van der Waals surface area contributed by atoms with Gasteiger partial charge in [-0.3, -0.25) is 0 Å². The van der Waals surface area contributed by atoms with Gasteiger partial charge in [0, 0.05) is 33.7 Å². The van der Waals surface area contributed by atoms with Crippen molar-refractivity contribution in [3.05, 3.63) is 267 Å². The molecule has 0 fully saturated rings. The number of para-hydroxylation sites is 2. The van der Waals surface area contributed by atoms with Crippen LogP contribution in [0.4, 0.5) is 34.1 Å². The van der Waals surface area contributed by atoms with E-state index in [-0.39, 0.29) is 0 Å². The normalized spacial score (nSPS) is 11.3. The minimum absolute atomic E-state index is 0.852. The van der Waals surface area contributed by atoms with Crippen LogP contribution in [0.3, 0.4) is 0 Å². The molecule has 12 rings (SSSR count). The highest BCUT2D eigenvalue weighted by molar-refractivity contribution is 6.13. The summed E-state index contributed by atoms with van der Waals surface area (Å²) in [6.07, 6.45) is 0. The lowest BCUT2D eigenvalue weighted by atomic mass is 9.98. The maximum Gasteiger partial charge on any atom is 0.137 e. The second-order valence-electron chi connectivity index (χ2n) is 16.9. The van der Waals surface area contributed by atoms with Crippen LogP contribution >= 0.6 is 0 Å². The quantitative estimate of drug-likeness (QED) is 0.137. The Morgan fingerprint density at radius 1 is 0.254 bits per heavy atom. The molecule has 11 aromatic carbocycles. The molecular weight excluding hydrogens is 813 g/mol. The summed E-state index contributed by atoms with van der Waals surface area (Å²) >= 11 is 0. The molecule has 0 spiro atoms. The number of furan rings is 1. The molecular formula is C64H44N2O. The van der Waals surface area contributed by atoms with Crippen LogP contribution in [0.2, 0.25) is 0 Å². The number of nitrogens with zero attached hydrogens (tertiary/aromatic N) is 2. The van der Waals surface area contributed by atoms with Crippen molar-refractivity contribution in [1.82, 2.24) is 0 Å². The number of fused-ring (bicyclic) bond motifs is 4. The van der Waals surface area contributed by atoms with Crippen LogP contribution in [0.25, 0.3) is 77.2 Å². The van der Waals surface area contributed by atoms with Gasteiger partial charge in [-0.2, -0.15) is 0 Å². The zero-order valence-corrected chi connectivity index (χ0v) is 36.7. The molecule has 0 amide bonds. The second-order valence-corrected chi connectivity index (χ2v) is 16.9. The van der Waals surface area contributed by atoms with Gasteiger partial charge in [0.1, 0.15) is 11.2 Å². The van der Waals surface area contributed by atoms with E-state index in [0.717, 1.165) is 72.8 Å². The third-order valence-corrected chi connectivity index (χ3v) is 12.8. The molecule has 0 unspecified atom stereocenters. The van der Waals surface area contributed by atoms with Gasteiger partial charge in [0.25, 0.3) is 0 Å². The molecule has 0 saturated carbocycles. The molecule has 1 heterocycles. The van der Waals surface area contributed by atoms with Crippen molar-refractivity contribution in [2.45, 2.75) is 0 Å². The van der Waals surface area contributed by atoms with Crippen LogP contribution in [0.15, 0.2) is 271 Å². The molecule has 0 aliphatic heterocycles. The summed E-state index contributed by atoms with van der Waals surface area (Å²) < 4.78 is 6.48. The molecule has 0 aliphatic rings. The molecule has 3 heteroatoms. The highest BCUT2D eigenvalue weighted by Gasteiger charge is 2.22.